The van der Waals surface area contributed by atoms with Crippen LogP contribution < -0.4 is 0 Å². The SMILES string of the molecule is CC(F)(F)c1ccc(F)c(C(O)C(=O)O)c1. The lowest BCUT2D eigenvalue weighted by Gasteiger charge is -2.14. The second-order valence-corrected chi connectivity index (χ2v) is 3.37. The number of hydrogen-bond acceptors (Lipinski definition) is 2. The topological polar surface area (TPSA) is 57.5 Å². The van der Waals surface area contributed by atoms with Crippen molar-refractivity contribution in [1.82, 2.24) is 0 Å². The molecule has 0 aliphatic rings. The van der Waals surface area contributed by atoms with Crippen molar-refractivity contribution >= 4 is 5.97 Å². The highest BCUT2D eigenvalue weighted by atomic mass is 19.3. The lowest BCUT2D eigenvalue weighted by Crippen LogP contribution is -2.15. The molecule has 0 fully saturated rings. The zero-order chi connectivity index (χ0) is 12.5. The van der Waals surface area contributed by atoms with E-state index in [4.69, 9.17) is 10.2 Å². The number of hydrogen-bond donors (Lipinski definition) is 2. The summed E-state index contributed by atoms with van der Waals surface area (Å²) in [6.45, 7) is 0.594. The van der Waals surface area contributed by atoms with Gasteiger partial charge in [-0.25, -0.2) is 18.0 Å². The molecule has 1 unspecified atom stereocenters. The molecule has 2 N–H and O–H groups in total. The molecule has 0 aliphatic heterocycles. The monoisotopic (exact) mass is 234 g/mol. The van der Waals surface area contributed by atoms with Crippen LogP contribution in [0.1, 0.15) is 24.2 Å². The van der Waals surface area contributed by atoms with Gasteiger partial charge in [-0.3, -0.25) is 0 Å². The summed E-state index contributed by atoms with van der Waals surface area (Å²) in [6.07, 6.45) is -2.15. The molecule has 1 aromatic rings. The van der Waals surface area contributed by atoms with Gasteiger partial charge in [0.2, 0.25) is 0 Å². The Bertz CT molecular complexity index is 412. The van der Waals surface area contributed by atoms with Gasteiger partial charge in [-0.15, -0.1) is 0 Å². The van der Waals surface area contributed by atoms with Crippen LogP contribution in [0.2, 0.25) is 0 Å². The molecule has 88 valence electrons. The predicted octanol–water partition coefficient (Wildman–Crippen LogP) is 2.06. The predicted molar refractivity (Wildman–Crippen MR) is 48.6 cm³/mol. The molecule has 6 heteroatoms. The van der Waals surface area contributed by atoms with Gasteiger partial charge < -0.3 is 10.2 Å². The largest absolute Gasteiger partial charge is 0.479 e. The summed E-state index contributed by atoms with van der Waals surface area (Å²) in [7, 11) is 0. The third-order valence-electron chi connectivity index (χ3n) is 2.03. The van der Waals surface area contributed by atoms with Crippen LogP contribution in [0.15, 0.2) is 18.2 Å². The maximum Gasteiger partial charge on any atom is 0.337 e. The van der Waals surface area contributed by atoms with E-state index in [0.29, 0.717) is 19.1 Å². The van der Waals surface area contributed by atoms with Crippen LogP contribution in [0.3, 0.4) is 0 Å². The number of carboxylic acid groups (broad SMARTS) is 1. The van der Waals surface area contributed by atoms with Crippen molar-refractivity contribution in [2.24, 2.45) is 0 Å². The van der Waals surface area contributed by atoms with Gasteiger partial charge in [-0.1, -0.05) is 6.07 Å². The molecule has 0 spiro atoms. The van der Waals surface area contributed by atoms with Gasteiger partial charge >= 0.3 is 5.97 Å². The Hall–Kier alpha value is -1.56. The standard InChI is InChI=1S/C10H9F3O3/c1-10(12,13)5-2-3-7(11)6(4-5)8(14)9(15)16/h2-4,8,14H,1H3,(H,15,16). The first-order chi connectivity index (χ1) is 7.23. The van der Waals surface area contributed by atoms with Crippen molar-refractivity contribution in [2.45, 2.75) is 19.0 Å². The van der Waals surface area contributed by atoms with E-state index in [1.165, 1.54) is 0 Å². The molecular formula is C10H9F3O3. The van der Waals surface area contributed by atoms with Crippen LogP contribution in [-0.2, 0) is 10.7 Å². The number of halogens is 3. The van der Waals surface area contributed by atoms with Crippen molar-refractivity contribution in [1.29, 1.82) is 0 Å². The molecule has 16 heavy (non-hydrogen) atoms. The van der Waals surface area contributed by atoms with Gasteiger partial charge in [-0.2, -0.15) is 0 Å². The summed E-state index contributed by atoms with van der Waals surface area (Å²) in [5, 5.41) is 17.5. The lowest BCUT2D eigenvalue weighted by molar-refractivity contribution is -0.147. The van der Waals surface area contributed by atoms with Crippen LogP contribution in [-0.4, -0.2) is 16.2 Å². The van der Waals surface area contributed by atoms with Crippen LogP contribution in [0, 0.1) is 5.82 Å². The molecule has 0 saturated carbocycles. The second-order valence-electron chi connectivity index (χ2n) is 3.37. The Kier molecular flexibility index (Phi) is 3.23. The minimum absolute atomic E-state index is 0.552. The molecule has 0 aliphatic carbocycles. The molecule has 0 radical (unpaired) electrons. The summed E-state index contributed by atoms with van der Waals surface area (Å²) in [5.41, 5.74) is -1.23. The van der Waals surface area contributed by atoms with E-state index in [1.807, 2.05) is 0 Å². The average molecular weight is 234 g/mol. The minimum atomic E-state index is -3.22. The van der Waals surface area contributed by atoms with Gasteiger partial charge in [0.05, 0.1) is 0 Å². The third-order valence-corrected chi connectivity index (χ3v) is 2.03. The number of aliphatic carboxylic acids is 1. The molecule has 0 bridgehead atoms. The fourth-order valence-electron chi connectivity index (χ4n) is 1.16. The Balaban J connectivity index is 3.24. The van der Waals surface area contributed by atoms with Crippen LogP contribution in [0.4, 0.5) is 13.2 Å². The summed E-state index contributed by atoms with van der Waals surface area (Å²) in [5.74, 6) is -5.96. The first-order valence-corrected chi connectivity index (χ1v) is 4.32. The van der Waals surface area contributed by atoms with Crippen molar-refractivity contribution in [3.63, 3.8) is 0 Å². The van der Waals surface area contributed by atoms with Gasteiger partial charge in [0.15, 0.2) is 6.10 Å². The lowest BCUT2D eigenvalue weighted by atomic mass is 10.0. The molecule has 3 nitrogen and oxygen atoms in total. The molecule has 1 aromatic carbocycles. The molecule has 1 atom stereocenters. The Morgan fingerprint density at radius 1 is 1.44 bits per heavy atom. The average Bonchev–Trinajstić information content (AvgIpc) is 2.15. The number of aliphatic hydroxyl groups is 1. The number of rotatable bonds is 3. The summed E-state index contributed by atoms with van der Waals surface area (Å²) in [4.78, 5) is 10.4. The maximum absolute atomic E-state index is 13.1. The first-order valence-electron chi connectivity index (χ1n) is 4.32. The number of carboxylic acids is 1. The van der Waals surface area contributed by atoms with E-state index < -0.39 is 34.9 Å². The number of alkyl halides is 2. The third kappa shape index (κ3) is 2.52. The smallest absolute Gasteiger partial charge is 0.337 e. The van der Waals surface area contributed by atoms with Crippen LogP contribution >= 0.6 is 0 Å². The number of carbonyl (C=O) groups is 1. The highest BCUT2D eigenvalue weighted by Crippen LogP contribution is 2.30. The van der Waals surface area contributed by atoms with E-state index in [9.17, 15) is 18.0 Å². The van der Waals surface area contributed by atoms with Gasteiger partial charge in [0.1, 0.15) is 5.82 Å². The van der Waals surface area contributed by atoms with E-state index in [1.54, 1.807) is 0 Å². The molecular weight excluding hydrogens is 225 g/mol. The Morgan fingerprint density at radius 2 is 2.00 bits per heavy atom. The highest BCUT2D eigenvalue weighted by molar-refractivity contribution is 5.74. The van der Waals surface area contributed by atoms with Gasteiger partial charge in [-0.05, 0) is 12.1 Å². The molecule has 0 amide bonds. The van der Waals surface area contributed by atoms with Gasteiger partial charge in [0, 0.05) is 18.1 Å². The van der Waals surface area contributed by atoms with E-state index >= 15 is 0 Å². The van der Waals surface area contributed by atoms with Crippen molar-refractivity contribution in [2.75, 3.05) is 0 Å². The van der Waals surface area contributed by atoms with Crippen molar-refractivity contribution < 1.29 is 28.2 Å². The zero-order valence-corrected chi connectivity index (χ0v) is 8.25. The summed E-state index contributed by atoms with van der Waals surface area (Å²) in [6, 6.07) is 2.19. The quantitative estimate of drug-likeness (QED) is 0.841. The summed E-state index contributed by atoms with van der Waals surface area (Å²) < 4.78 is 38.9. The van der Waals surface area contributed by atoms with E-state index in [-0.39, 0.29) is 0 Å². The first kappa shape index (κ1) is 12.5. The molecule has 1 rings (SSSR count). The van der Waals surface area contributed by atoms with Gasteiger partial charge in [0.25, 0.3) is 5.92 Å². The minimum Gasteiger partial charge on any atom is -0.479 e. The molecule has 0 aromatic heterocycles. The highest BCUT2D eigenvalue weighted by Gasteiger charge is 2.28. The fraction of sp³-hybridized carbons (Fsp3) is 0.300. The van der Waals surface area contributed by atoms with Crippen molar-refractivity contribution in [3.8, 4) is 0 Å². The Labute approximate surface area is 89.1 Å². The van der Waals surface area contributed by atoms with Crippen LogP contribution in [0.5, 0.6) is 0 Å². The summed E-state index contributed by atoms with van der Waals surface area (Å²) >= 11 is 0. The normalized spacial score (nSPS) is 13.6. The number of benzene rings is 1. The fourth-order valence-corrected chi connectivity index (χ4v) is 1.16. The Morgan fingerprint density at radius 3 is 2.44 bits per heavy atom. The molecule has 0 saturated heterocycles. The van der Waals surface area contributed by atoms with E-state index in [2.05, 4.69) is 0 Å². The number of aliphatic hydroxyl groups excluding tert-OH is 1. The second kappa shape index (κ2) is 4.13. The molecule has 0 heterocycles. The van der Waals surface area contributed by atoms with Crippen molar-refractivity contribution in [3.05, 3.63) is 35.1 Å². The van der Waals surface area contributed by atoms with E-state index in [0.717, 1.165) is 6.07 Å². The van der Waals surface area contributed by atoms with Crippen LogP contribution in [0.25, 0.3) is 0 Å². The zero-order valence-electron chi connectivity index (χ0n) is 8.25. The maximum atomic E-state index is 13.1.